The zero-order chi connectivity index (χ0) is 22.3. The number of ether oxygens (including phenoxy) is 1. The number of benzene rings is 1. The number of nitrogens with one attached hydrogen (secondary N) is 2. The Morgan fingerprint density at radius 2 is 2.03 bits per heavy atom. The number of rotatable bonds is 9. The Balaban J connectivity index is 1.45. The number of nitrogens with zero attached hydrogens (tertiary/aromatic N) is 4. The Labute approximate surface area is 192 Å². The third kappa shape index (κ3) is 4.95. The lowest BCUT2D eigenvalue weighted by Crippen LogP contribution is -2.29. The number of hydrogen-bond acceptors (Lipinski definition) is 6. The van der Waals surface area contributed by atoms with Gasteiger partial charge in [0.25, 0.3) is 0 Å². The summed E-state index contributed by atoms with van der Waals surface area (Å²) in [5.74, 6) is 1.43. The van der Waals surface area contributed by atoms with Gasteiger partial charge in [-0.15, -0.1) is 0 Å². The fraction of sp³-hybridized carbons (Fsp3) is 0.304. The molecule has 8 nitrogen and oxygen atoms in total. The average Bonchev–Trinajstić information content (AvgIpc) is 3.17. The molecule has 0 fully saturated rings. The van der Waals surface area contributed by atoms with Crippen LogP contribution in [0.15, 0.2) is 48.8 Å². The van der Waals surface area contributed by atoms with Crippen molar-refractivity contribution < 1.29 is 4.74 Å². The Hall–Kier alpha value is -3.30. The van der Waals surface area contributed by atoms with Crippen molar-refractivity contribution in [3.63, 3.8) is 0 Å². The molecule has 4 rings (SSSR count). The molecule has 0 spiro atoms. The SMILES string of the molecule is COCCc1nc2c(N)nc3ccccc3c2n1CCCCNC(=S)Nc1cccnc1. The maximum atomic E-state index is 6.25. The number of hydrogen-bond donors (Lipinski definition) is 3. The molecule has 0 aliphatic rings. The van der Waals surface area contributed by atoms with Gasteiger partial charge in [-0.2, -0.15) is 0 Å². The molecule has 4 aromatic rings. The molecule has 0 unspecified atom stereocenters. The molecular formula is C23H27N7OS. The summed E-state index contributed by atoms with van der Waals surface area (Å²) in [7, 11) is 1.70. The monoisotopic (exact) mass is 449 g/mol. The Morgan fingerprint density at radius 1 is 1.16 bits per heavy atom. The van der Waals surface area contributed by atoms with Crippen LogP contribution in [0.2, 0.25) is 0 Å². The topological polar surface area (TPSA) is 103 Å². The number of aryl methyl sites for hydroxylation is 1. The first-order valence-electron chi connectivity index (χ1n) is 10.6. The number of nitrogen functional groups attached to an aromatic ring is 1. The summed E-state index contributed by atoms with van der Waals surface area (Å²) in [6.07, 6.45) is 6.11. The minimum absolute atomic E-state index is 0.463. The Bertz CT molecular complexity index is 1210. The first kappa shape index (κ1) is 21.9. The number of imidazole rings is 1. The number of anilines is 2. The van der Waals surface area contributed by atoms with Gasteiger partial charge < -0.3 is 25.7 Å². The van der Waals surface area contributed by atoms with Crippen LogP contribution in [-0.4, -0.2) is 44.9 Å². The van der Waals surface area contributed by atoms with Crippen molar-refractivity contribution >= 4 is 50.8 Å². The van der Waals surface area contributed by atoms with Crippen molar-refractivity contribution in [3.8, 4) is 0 Å². The average molecular weight is 450 g/mol. The molecule has 0 amide bonds. The van der Waals surface area contributed by atoms with Crippen molar-refractivity contribution in [3.05, 3.63) is 54.6 Å². The summed E-state index contributed by atoms with van der Waals surface area (Å²) in [4.78, 5) is 13.4. The molecule has 1 aromatic carbocycles. The highest BCUT2D eigenvalue weighted by Gasteiger charge is 2.16. The number of methoxy groups -OCH3 is 1. The molecule has 0 radical (unpaired) electrons. The summed E-state index contributed by atoms with van der Waals surface area (Å²) in [5.41, 5.74) is 9.80. The van der Waals surface area contributed by atoms with Gasteiger partial charge >= 0.3 is 0 Å². The van der Waals surface area contributed by atoms with E-state index in [4.69, 9.17) is 27.7 Å². The number of thiocarbonyl (C=S) groups is 1. The van der Waals surface area contributed by atoms with E-state index in [0.717, 1.165) is 65.8 Å². The van der Waals surface area contributed by atoms with Crippen LogP contribution in [0.5, 0.6) is 0 Å². The predicted molar refractivity (Wildman–Crippen MR) is 133 cm³/mol. The minimum Gasteiger partial charge on any atom is -0.384 e. The molecule has 0 saturated carbocycles. The fourth-order valence-corrected chi connectivity index (χ4v) is 3.96. The molecule has 166 valence electrons. The van der Waals surface area contributed by atoms with Crippen LogP contribution in [0.3, 0.4) is 0 Å². The Kier molecular flexibility index (Phi) is 7.08. The molecule has 4 N–H and O–H groups in total. The van der Waals surface area contributed by atoms with Gasteiger partial charge in [-0.25, -0.2) is 9.97 Å². The van der Waals surface area contributed by atoms with Crippen molar-refractivity contribution in [1.82, 2.24) is 24.8 Å². The predicted octanol–water partition coefficient (Wildman–Crippen LogP) is 3.52. The van der Waals surface area contributed by atoms with Crippen molar-refractivity contribution in [2.45, 2.75) is 25.8 Å². The number of pyridine rings is 2. The summed E-state index contributed by atoms with van der Waals surface area (Å²) in [6, 6.07) is 11.8. The molecule has 0 aliphatic carbocycles. The summed E-state index contributed by atoms with van der Waals surface area (Å²) >= 11 is 5.36. The second kappa shape index (κ2) is 10.3. The zero-order valence-electron chi connectivity index (χ0n) is 18.0. The molecule has 0 aliphatic heterocycles. The molecular weight excluding hydrogens is 422 g/mol. The second-order valence-electron chi connectivity index (χ2n) is 7.46. The maximum absolute atomic E-state index is 6.25. The first-order chi connectivity index (χ1) is 15.7. The first-order valence-corrected chi connectivity index (χ1v) is 11.1. The van der Waals surface area contributed by atoms with Crippen molar-refractivity contribution in [1.29, 1.82) is 0 Å². The lowest BCUT2D eigenvalue weighted by Gasteiger charge is -2.12. The molecule has 0 saturated heterocycles. The highest BCUT2D eigenvalue weighted by atomic mass is 32.1. The van der Waals surface area contributed by atoms with Crippen molar-refractivity contribution in [2.75, 3.05) is 31.3 Å². The van der Waals surface area contributed by atoms with E-state index in [0.29, 0.717) is 17.5 Å². The molecule has 0 atom stereocenters. The van der Waals surface area contributed by atoms with E-state index in [-0.39, 0.29) is 0 Å². The van der Waals surface area contributed by atoms with E-state index < -0.39 is 0 Å². The minimum atomic E-state index is 0.463. The number of nitrogens with two attached hydrogens (primary N) is 1. The Morgan fingerprint density at radius 3 is 2.84 bits per heavy atom. The summed E-state index contributed by atoms with van der Waals surface area (Å²) < 4.78 is 7.56. The van der Waals surface area contributed by atoms with Gasteiger partial charge in [0, 0.05) is 38.2 Å². The quantitative estimate of drug-likeness (QED) is 0.263. The normalized spacial score (nSPS) is 11.2. The van der Waals surface area contributed by atoms with Gasteiger partial charge in [0.2, 0.25) is 0 Å². The largest absolute Gasteiger partial charge is 0.384 e. The highest BCUT2D eigenvalue weighted by molar-refractivity contribution is 7.80. The fourth-order valence-electron chi connectivity index (χ4n) is 3.74. The van der Waals surface area contributed by atoms with Crippen LogP contribution in [0, 0.1) is 0 Å². The highest BCUT2D eigenvalue weighted by Crippen LogP contribution is 2.29. The van der Waals surface area contributed by atoms with E-state index in [9.17, 15) is 0 Å². The molecule has 0 bridgehead atoms. The number of aromatic nitrogens is 4. The third-order valence-electron chi connectivity index (χ3n) is 5.23. The van der Waals surface area contributed by atoms with Crippen LogP contribution in [0.4, 0.5) is 11.5 Å². The lowest BCUT2D eigenvalue weighted by atomic mass is 10.2. The van der Waals surface area contributed by atoms with Crippen LogP contribution >= 0.6 is 12.2 Å². The van der Waals surface area contributed by atoms with E-state index >= 15 is 0 Å². The van der Waals surface area contributed by atoms with E-state index in [1.165, 1.54) is 0 Å². The van der Waals surface area contributed by atoms with Gasteiger partial charge in [0.15, 0.2) is 10.9 Å². The summed E-state index contributed by atoms with van der Waals surface area (Å²) in [6.45, 7) is 2.20. The van der Waals surface area contributed by atoms with Crippen LogP contribution in [0.1, 0.15) is 18.7 Å². The van der Waals surface area contributed by atoms with Crippen molar-refractivity contribution in [2.24, 2.45) is 0 Å². The molecule has 3 heterocycles. The molecule has 3 aromatic heterocycles. The molecule has 9 heteroatoms. The van der Waals surface area contributed by atoms with Gasteiger partial charge in [-0.3, -0.25) is 4.98 Å². The van der Waals surface area contributed by atoms with E-state index in [2.05, 4.69) is 31.2 Å². The van der Waals surface area contributed by atoms with Gasteiger partial charge in [-0.05, 0) is 43.3 Å². The maximum Gasteiger partial charge on any atom is 0.170 e. The molecule has 32 heavy (non-hydrogen) atoms. The third-order valence-corrected chi connectivity index (χ3v) is 5.48. The van der Waals surface area contributed by atoms with Crippen LogP contribution in [-0.2, 0) is 17.7 Å². The second-order valence-corrected chi connectivity index (χ2v) is 7.87. The van der Waals surface area contributed by atoms with E-state index in [1.807, 2.05) is 30.3 Å². The standard InChI is InChI=1S/C23H27N7OS/c1-31-14-10-19-29-20-21(17-8-2-3-9-18(17)28-22(20)24)30(19)13-5-4-12-26-23(32)27-16-7-6-11-25-15-16/h2-3,6-9,11,15H,4-5,10,12-14H2,1H3,(H2,24,28)(H2,26,27,32). The van der Waals surface area contributed by atoms with Crippen LogP contribution < -0.4 is 16.4 Å². The number of para-hydroxylation sites is 1. The summed E-state index contributed by atoms with van der Waals surface area (Å²) in [5, 5.41) is 8.05. The van der Waals surface area contributed by atoms with Crippen LogP contribution in [0.25, 0.3) is 21.9 Å². The number of unbranched alkanes of at least 4 members (excludes halogenated alkanes) is 1. The smallest absolute Gasteiger partial charge is 0.170 e. The van der Waals surface area contributed by atoms with Gasteiger partial charge in [0.1, 0.15) is 11.3 Å². The zero-order valence-corrected chi connectivity index (χ0v) is 18.9. The van der Waals surface area contributed by atoms with Gasteiger partial charge in [0.05, 0.1) is 29.5 Å². The number of fused-ring (bicyclic) bond motifs is 3. The van der Waals surface area contributed by atoms with Gasteiger partial charge in [-0.1, -0.05) is 18.2 Å². The lowest BCUT2D eigenvalue weighted by molar-refractivity contribution is 0.199. The van der Waals surface area contributed by atoms with E-state index in [1.54, 1.807) is 19.5 Å².